The van der Waals surface area contributed by atoms with Crippen LogP contribution in [0.4, 0.5) is 0 Å². The van der Waals surface area contributed by atoms with Gasteiger partial charge in [0.05, 0.1) is 19.8 Å². The molecule has 1 amide bonds. The molecule has 1 aromatic heterocycles. The second kappa shape index (κ2) is 8.10. The summed E-state index contributed by atoms with van der Waals surface area (Å²) in [5, 5.41) is 3.71. The SMILES string of the molecule is COc1ccc(-c2oc3ccc(OC)cc3c2C(=O)NCc2ccccc2)cc1. The number of carbonyl (C=O) groups excluding carboxylic acids is 1. The van der Waals surface area contributed by atoms with Gasteiger partial charge in [-0.15, -0.1) is 0 Å². The third-order valence-corrected chi connectivity index (χ3v) is 4.77. The van der Waals surface area contributed by atoms with Gasteiger partial charge in [0.1, 0.15) is 22.8 Å². The second-order valence-electron chi connectivity index (χ2n) is 6.57. The quantitative estimate of drug-likeness (QED) is 0.503. The van der Waals surface area contributed by atoms with E-state index in [0.717, 1.165) is 16.9 Å². The van der Waals surface area contributed by atoms with Crippen molar-refractivity contribution in [2.24, 2.45) is 0 Å². The van der Waals surface area contributed by atoms with Crippen molar-refractivity contribution in [3.05, 3.63) is 83.9 Å². The third-order valence-electron chi connectivity index (χ3n) is 4.77. The number of methoxy groups -OCH3 is 2. The molecule has 5 nitrogen and oxygen atoms in total. The standard InChI is InChI=1S/C24H21NO4/c1-27-18-10-8-17(9-11-18)23-22(20-14-19(28-2)12-13-21(20)29-23)24(26)25-15-16-6-4-3-5-7-16/h3-14H,15H2,1-2H3,(H,25,26). The maximum atomic E-state index is 13.2. The fourth-order valence-corrected chi connectivity index (χ4v) is 3.24. The lowest BCUT2D eigenvalue weighted by Gasteiger charge is -2.07. The molecule has 0 aliphatic heterocycles. The number of fused-ring (bicyclic) bond motifs is 1. The number of hydrogen-bond donors (Lipinski definition) is 1. The Hall–Kier alpha value is -3.73. The number of hydrogen-bond acceptors (Lipinski definition) is 4. The first kappa shape index (κ1) is 18.6. The first-order chi connectivity index (χ1) is 14.2. The number of carbonyl (C=O) groups is 1. The highest BCUT2D eigenvalue weighted by atomic mass is 16.5. The highest BCUT2D eigenvalue weighted by molar-refractivity contribution is 6.11. The molecule has 0 saturated carbocycles. The van der Waals surface area contributed by atoms with Crippen LogP contribution in [-0.4, -0.2) is 20.1 Å². The van der Waals surface area contributed by atoms with Crippen LogP contribution in [0.25, 0.3) is 22.3 Å². The van der Waals surface area contributed by atoms with Gasteiger partial charge in [0.15, 0.2) is 0 Å². The molecule has 4 aromatic rings. The normalized spacial score (nSPS) is 10.7. The van der Waals surface area contributed by atoms with Crippen molar-refractivity contribution in [2.45, 2.75) is 6.54 Å². The van der Waals surface area contributed by atoms with E-state index in [0.29, 0.717) is 34.6 Å². The smallest absolute Gasteiger partial charge is 0.256 e. The van der Waals surface area contributed by atoms with Gasteiger partial charge in [-0.1, -0.05) is 30.3 Å². The zero-order valence-electron chi connectivity index (χ0n) is 16.3. The number of ether oxygens (including phenoxy) is 2. The summed E-state index contributed by atoms with van der Waals surface area (Å²) in [5.74, 6) is 1.71. The molecule has 5 heteroatoms. The van der Waals surface area contributed by atoms with Crippen LogP contribution < -0.4 is 14.8 Å². The van der Waals surface area contributed by atoms with Crippen LogP contribution in [0, 0.1) is 0 Å². The van der Waals surface area contributed by atoms with Crippen molar-refractivity contribution in [2.75, 3.05) is 14.2 Å². The first-order valence-corrected chi connectivity index (χ1v) is 9.26. The summed E-state index contributed by atoms with van der Waals surface area (Å²) in [6, 6.07) is 22.7. The zero-order valence-corrected chi connectivity index (χ0v) is 16.3. The fourth-order valence-electron chi connectivity index (χ4n) is 3.24. The fraction of sp³-hybridized carbons (Fsp3) is 0.125. The van der Waals surface area contributed by atoms with Crippen molar-refractivity contribution in [1.82, 2.24) is 5.32 Å². The lowest BCUT2D eigenvalue weighted by Crippen LogP contribution is -2.23. The van der Waals surface area contributed by atoms with Gasteiger partial charge < -0.3 is 19.2 Å². The zero-order chi connectivity index (χ0) is 20.2. The van der Waals surface area contributed by atoms with Crippen LogP contribution in [0.5, 0.6) is 11.5 Å². The van der Waals surface area contributed by atoms with Crippen molar-refractivity contribution in [1.29, 1.82) is 0 Å². The number of nitrogens with one attached hydrogen (secondary N) is 1. The molecular weight excluding hydrogens is 366 g/mol. The molecule has 146 valence electrons. The Morgan fingerprint density at radius 2 is 1.59 bits per heavy atom. The molecule has 0 spiro atoms. The van der Waals surface area contributed by atoms with E-state index in [1.807, 2.05) is 72.8 Å². The van der Waals surface area contributed by atoms with Crippen LogP contribution in [0.2, 0.25) is 0 Å². The summed E-state index contributed by atoms with van der Waals surface area (Å²) in [4.78, 5) is 13.2. The minimum absolute atomic E-state index is 0.202. The van der Waals surface area contributed by atoms with E-state index < -0.39 is 0 Å². The van der Waals surface area contributed by atoms with E-state index in [1.165, 1.54) is 0 Å². The average Bonchev–Trinajstić information content (AvgIpc) is 3.17. The molecule has 0 aliphatic carbocycles. The van der Waals surface area contributed by atoms with Gasteiger partial charge in [-0.25, -0.2) is 0 Å². The summed E-state index contributed by atoms with van der Waals surface area (Å²) >= 11 is 0. The number of rotatable bonds is 6. The Balaban J connectivity index is 1.76. The molecule has 0 unspecified atom stereocenters. The molecular formula is C24H21NO4. The Bertz CT molecular complexity index is 1130. The van der Waals surface area contributed by atoms with Gasteiger partial charge in [0.2, 0.25) is 0 Å². The van der Waals surface area contributed by atoms with E-state index in [-0.39, 0.29) is 5.91 Å². The number of benzene rings is 3. The van der Waals surface area contributed by atoms with Gasteiger partial charge in [-0.05, 0) is 48.0 Å². The predicted octanol–water partition coefficient (Wildman–Crippen LogP) is 5.05. The third kappa shape index (κ3) is 3.80. The summed E-state index contributed by atoms with van der Waals surface area (Å²) in [6.45, 7) is 0.429. The van der Waals surface area contributed by atoms with Crippen molar-refractivity contribution < 1.29 is 18.7 Å². The van der Waals surface area contributed by atoms with E-state index in [4.69, 9.17) is 13.9 Å². The predicted molar refractivity (Wildman–Crippen MR) is 112 cm³/mol. The van der Waals surface area contributed by atoms with Crippen LogP contribution in [0.1, 0.15) is 15.9 Å². The van der Waals surface area contributed by atoms with Gasteiger partial charge in [-0.3, -0.25) is 4.79 Å². The first-order valence-electron chi connectivity index (χ1n) is 9.26. The van der Waals surface area contributed by atoms with Crippen LogP contribution in [0.3, 0.4) is 0 Å². The van der Waals surface area contributed by atoms with Gasteiger partial charge in [-0.2, -0.15) is 0 Å². The second-order valence-corrected chi connectivity index (χ2v) is 6.57. The lowest BCUT2D eigenvalue weighted by atomic mass is 10.0. The van der Waals surface area contributed by atoms with Gasteiger partial charge >= 0.3 is 0 Å². The van der Waals surface area contributed by atoms with E-state index >= 15 is 0 Å². The van der Waals surface area contributed by atoms with Crippen LogP contribution >= 0.6 is 0 Å². The molecule has 29 heavy (non-hydrogen) atoms. The van der Waals surface area contributed by atoms with Crippen molar-refractivity contribution in [3.8, 4) is 22.8 Å². The van der Waals surface area contributed by atoms with E-state index in [2.05, 4.69) is 5.32 Å². The summed E-state index contributed by atoms with van der Waals surface area (Å²) < 4.78 is 16.6. The molecule has 0 fully saturated rings. The Morgan fingerprint density at radius 1 is 0.897 bits per heavy atom. The largest absolute Gasteiger partial charge is 0.497 e. The monoisotopic (exact) mass is 387 g/mol. The molecule has 0 radical (unpaired) electrons. The number of amides is 1. The molecule has 1 heterocycles. The minimum atomic E-state index is -0.202. The lowest BCUT2D eigenvalue weighted by molar-refractivity contribution is 0.0952. The van der Waals surface area contributed by atoms with Gasteiger partial charge in [0.25, 0.3) is 5.91 Å². The van der Waals surface area contributed by atoms with Crippen LogP contribution in [0.15, 0.2) is 77.2 Å². The van der Waals surface area contributed by atoms with Crippen molar-refractivity contribution in [3.63, 3.8) is 0 Å². The average molecular weight is 387 g/mol. The highest BCUT2D eigenvalue weighted by Gasteiger charge is 2.22. The molecule has 0 aliphatic rings. The van der Waals surface area contributed by atoms with Crippen molar-refractivity contribution >= 4 is 16.9 Å². The molecule has 0 atom stereocenters. The highest BCUT2D eigenvalue weighted by Crippen LogP contribution is 2.36. The van der Waals surface area contributed by atoms with E-state index in [9.17, 15) is 4.79 Å². The van der Waals surface area contributed by atoms with Gasteiger partial charge in [0, 0.05) is 17.5 Å². The Morgan fingerprint density at radius 3 is 2.28 bits per heavy atom. The molecule has 0 saturated heterocycles. The summed E-state index contributed by atoms with van der Waals surface area (Å²) in [5.41, 5.74) is 2.93. The van der Waals surface area contributed by atoms with Crippen LogP contribution in [-0.2, 0) is 6.54 Å². The summed E-state index contributed by atoms with van der Waals surface area (Å²) in [7, 11) is 3.21. The Labute approximate surface area is 168 Å². The maximum absolute atomic E-state index is 13.2. The molecule has 1 N–H and O–H groups in total. The Kier molecular flexibility index (Phi) is 5.20. The molecule has 0 bridgehead atoms. The molecule has 4 rings (SSSR count). The number of furan rings is 1. The minimum Gasteiger partial charge on any atom is -0.497 e. The topological polar surface area (TPSA) is 60.7 Å². The summed E-state index contributed by atoms with van der Waals surface area (Å²) in [6.07, 6.45) is 0. The molecule has 3 aromatic carbocycles. The maximum Gasteiger partial charge on any atom is 0.256 e. The van der Waals surface area contributed by atoms with E-state index in [1.54, 1.807) is 14.2 Å².